The number of phenols is 1. The van der Waals surface area contributed by atoms with Crippen LogP contribution < -0.4 is 4.90 Å². The van der Waals surface area contributed by atoms with Gasteiger partial charge in [0.1, 0.15) is 0 Å². The molecule has 17 heavy (non-hydrogen) atoms. The summed E-state index contributed by atoms with van der Waals surface area (Å²) in [5.74, 6) is 0.682. The molecule has 1 unspecified atom stereocenters. The third-order valence-corrected chi connectivity index (χ3v) is 3.78. The zero-order valence-corrected chi connectivity index (χ0v) is 11.3. The van der Waals surface area contributed by atoms with Crippen LogP contribution in [0.25, 0.3) is 0 Å². The Labute approximate surface area is 115 Å². The molecule has 1 amide bonds. The van der Waals surface area contributed by atoms with Gasteiger partial charge in [-0.25, -0.2) is 0 Å². The number of anilines is 1. The van der Waals surface area contributed by atoms with E-state index in [1.807, 2.05) is 0 Å². The maximum atomic E-state index is 11.8. The number of carbonyl (C=O) groups excluding carboxylic acids is 1. The van der Waals surface area contributed by atoms with E-state index in [0.29, 0.717) is 29.4 Å². The van der Waals surface area contributed by atoms with Crippen molar-refractivity contribution < 1.29 is 9.90 Å². The Hall–Kier alpha value is -0.580. The molecule has 1 aromatic rings. The third kappa shape index (κ3) is 2.49. The van der Waals surface area contributed by atoms with Crippen molar-refractivity contribution in [3.63, 3.8) is 0 Å². The van der Waals surface area contributed by atoms with Crippen molar-refractivity contribution in [3.8, 4) is 5.75 Å². The summed E-state index contributed by atoms with van der Waals surface area (Å²) in [6.07, 6.45) is 0.438. The van der Waals surface area contributed by atoms with Crippen LogP contribution in [0.1, 0.15) is 6.42 Å². The first-order valence-corrected chi connectivity index (χ1v) is 6.51. The second-order valence-corrected chi connectivity index (χ2v) is 5.22. The zero-order valence-electron chi connectivity index (χ0n) is 8.86. The minimum atomic E-state index is -0.107. The van der Waals surface area contributed by atoms with Gasteiger partial charge in [-0.05, 0) is 23.8 Å². The molecule has 1 aliphatic heterocycles. The fraction of sp³-hybridized carbons (Fsp3) is 0.364. The van der Waals surface area contributed by atoms with E-state index in [1.165, 1.54) is 11.0 Å². The van der Waals surface area contributed by atoms with Crippen LogP contribution in [0, 0.1) is 5.92 Å². The van der Waals surface area contributed by atoms with Crippen molar-refractivity contribution in [1.82, 2.24) is 0 Å². The molecule has 0 saturated carbocycles. The van der Waals surface area contributed by atoms with Crippen molar-refractivity contribution in [2.24, 2.45) is 5.92 Å². The summed E-state index contributed by atoms with van der Waals surface area (Å²) < 4.78 is 0. The summed E-state index contributed by atoms with van der Waals surface area (Å²) in [7, 11) is 0. The second kappa shape index (κ2) is 4.96. The van der Waals surface area contributed by atoms with Gasteiger partial charge < -0.3 is 10.0 Å². The molecule has 1 aromatic carbocycles. The summed E-state index contributed by atoms with van der Waals surface area (Å²) in [5, 5.41) is 10.4. The standard InChI is InChI=1S/C11H11Cl2NO2S/c12-7-2-8(13)11(16)9(3-7)14-4-6(5-17)1-10(14)15/h2-3,6,16-17H,1,4-5H2. The highest BCUT2D eigenvalue weighted by atomic mass is 35.5. The molecule has 1 fully saturated rings. The lowest BCUT2D eigenvalue weighted by atomic mass is 10.1. The Kier molecular flexibility index (Phi) is 3.76. The number of nitrogens with zero attached hydrogens (tertiary/aromatic N) is 1. The lowest BCUT2D eigenvalue weighted by molar-refractivity contribution is -0.117. The molecular formula is C11H11Cl2NO2S. The van der Waals surface area contributed by atoms with Crippen molar-refractivity contribution in [1.29, 1.82) is 0 Å². The number of halogens is 2. The molecule has 1 atom stereocenters. The normalized spacial score (nSPS) is 20.1. The van der Waals surface area contributed by atoms with Crippen LogP contribution in [0.15, 0.2) is 12.1 Å². The van der Waals surface area contributed by atoms with E-state index < -0.39 is 0 Å². The van der Waals surface area contributed by atoms with Crippen LogP contribution in [-0.4, -0.2) is 23.3 Å². The molecule has 0 radical (unpaired) electrons. The summed E-state index contributed by atoms with van der Waals surface area (Å²) >= 11 is 15.9. The van der Waals surface area contributed by atoms with Gasteiger partial charge in [-0.1, -0.05) is 23.2 Å². The average Bonchev–Trinajstić information content (AvgIpc) is 2.65. The number of rotatable bonds is 2. The van der Waals surface area contributed by atoms with Gasteiger partial charge >= 0.3 is 0 Å². The van der Waals surface area contributed by atoms with Gasteiger partial charge in [0.05, 0.1) is 10.7 Å². The van der Waals surface area contributed by atoms with Crippen LogP contribution >= 0.6 is 35.8 Å². The third-order valence-electron chi connectivity index (χ3n) is 2.76. The van der Waals surface area contributed by atoms with Crippen LogP contribution in [-0.2, 0) is 4.79 Å². The smallest absolute Gasteiger partial charge is 0.227 e. The highest BCUT2D eigenvalue weighted by Gasteiger charge is 2.31. The molecule has 0 aromatic heterocycles. The molecular weight excluding hydrogens is 281 g/mol. The number of aromatic hydroxyl groups is 1. The van der Waals surface area contributed by atoms with Gasteiger partial charge in [0.2, 0.25) is 5.91 Å². The SMILES string of the molecule is O=C1CC(CS)CN1c1cc(Cl)cc(Cl)c1O. The summed E-state index contributed by atoms with van der Waals surface area (Å²) in [5.41, 5.74) is 0.372. The Morgan fingerprint density at radius 1 is 1.47 bits per heavy atom. The van der Waals surface area contributed by atoms with Gasteiger partial charge in [-0.2, -0.15) is 12.6 Å². The molecule has 1 aliphatic rings. The van der Waals surface area contributed by atoms with Crippen molar-refractivity contribution in [3.05, 3.63) is 22.2 Å². The summed E-state index contributed by atoms with van der Waals surface area (Å²) in [6.45, 7) is 0.534. The predicted molar refractivity (Wildman–Crippen MR) is 72.4 cm³/mol. The first-order valence-electron chi connectivity index (χ1n) is 5.12. The second-order valence-electron chi connectivity index (χ2n) is 4.01. The van der Waals surface area contributed by atoms with Gasteiger partial charge in [0.15, 0.2) is 5.75 Å². The molecule has 92 valence electrons. The van der Waals surface area contributed by atoms with E-state index in [-0.39, 0.29) is 22.6 Å². The van der Waals surface area contributed by atoms with Gasteiger partial charge in [-0.3, -0.25) is 4.79 Å². The van der Waals surface area contributed by atoms with Crippen LogP contribution in [0.5, 0.6) is 5.75 Å². The monoisotopic (exact) mass is 291 g/mol. The molecule has 1 N–H and O–H groups in total. The van der Waals surface area contributed by atoms with Gasteiger partial charge in [0, 0.05) is 18.0 Å². The maximum Gasteiger partial charge on any atom is 0.227 e. The summed E-state index contributed by atoms with van der Waals surface area (Å²) in [6, 6.07) is 2.99. The van der Waals surface area contributed by atoms with Gasteiger partial charge in [-0.15, -0.1) is 0 Å². The minimum Gasteiger partial charge on any atom is -0.504 e. The van der Waals surface area contributed by atoms with E-state index >= 15 is 0 Å². The molecule has 6 heteroatoms. The molecule has 0 aliphatic carbocycles. The van der Waals surface area contributed by atoms with E-state index in [1.54, 1.807) is 6.07 Å². The van der Waals surface area contributed by atoms with Crippen molar-refractivity contribution in [2.75, 3.05) is 17.2 Å². The fourth-order valence-corrected chi connectivity index (χ4v) is 2.62. The number of phenolic OH excluding ortho intramolecular Hbond substituents is 1. The highest BCUT2D eigenvalue weighted by molar-refractivity contribution is 7.80. The number of amides is 1. The van der Waals surface area contributed by atoms with Crippen LogP contribution in [0.3, 0.4) is 0 Å². The molecule has 1 heterocycles. The Morgan fingerprint density at radius 3 is 2.76 bits per heavy atom. The Morgan fingerprint density at radius 2 is 2.18 bits per heavy atom. The molecule has 0 bridgehead atoms. The average molecular weight is 292 g/mol. The Balaban J connectivity index is 2.38. The number of benzene rings is 1. The quantitative estimate of drug-likeness (QED) is 0.823. The van der Waals surface area contributed by atoms with E-state index in [0.717, 1.165) is 0 Å². The lowest BCUT2D eigenvalue weighted by Gasteiger charge is -2.18. The highest BCUT2D eigenvalue weighted by Crippen LogP contribution is 2.39. The van der Waals surface area contributed by atoms with E-state index in [9.17, 15) is 9.90 Å². The van der Waals surface area contributed by atoms with E-state index in [2.05, 4.69) is 12.6 Å². The van der Waals surface area contributed by atoms with Crippen LogP contribution in [0.4, 0.5) is 5.69 Å². The fourth-order valence-electron chi connectivity index (χ4n) is 1.89. The number of hydrogen-bond donors (Lipinski definition) is 2. The van der Waals surface area contributed by atoms with Crippen LogP contribution in [0.2, 0.25) is 10.0 Å². The maximum absolute atomic E-state index is 11.8. The topological polar surface area (TPSA) is 40.5 Å². The minimum absolute atomic E-state index is 0.0438. The molecule has 1 saturated heterocycles. The van der Waals surface area contributed by atoms with Crippen molar-refractivity contribution in [2.45, 2.75) is 6.42 Å². The first-order chi connectivity index (χ1) is 8.02. The van der Waals surface area contributed by atoms with Gasteiger partial charge in [0.25, 0.3) is 0 Å². The first kappa shape index (κ1) is 12.9. The predicted octanol–water partition coefficient (Wildman–Crippen LogP) is 2.98. The lowest BCUT2D eigenvalue weighted by Crippen LogP contribution is -2.24. The largest absolute Gasteiger partial charge is 0.504 e. The number of carbonyl (C=O) groups is 1. The number of hydrogen-bond acceptors (Lipinski definition) is 3. The molecule has 3 nitrogen and oxygen atoms in total. The molecule has 0 spiro atoms. The number of thiol groups is 1. The summed E-state index contributed by atoms with van der Waals surface area (Å²) in [4.78, 5) is 13.3. The molecule has 2 rings (SSSR count). The van der Waals surface area contributed by atoms with Crippen molar-refractivity contribution >= 4 is 47.4 Å². The Bertz CT molecular complexity index is 467. The van der Waals surface area contributed by atoms with E-state index in [4.69, 9.17) is 23.2 Å². The zero-order chi connectivity index (χ0) is 12.6.